The lowest BCUT2D eigenvalue weighted by atomic mass is 10.0. The Bertz CT molecular complexity index is 998. The molecule has 0 saturated carbocycles. The lowest BCUT2D eigenvalue weighted by Crippen LogP contribution is -2.52. The summed E-state index contributed by atoms with van der Waals surface area (Å²) in [5.41, 5.74) is 2.23. The van der Waals surface area contributed by atoms with Crippen LogP contribution in [0.2, 0.25) is 0 Å². The van der Waals surface area contributed by atoms with Gasteiger partial charge in [0, 0.05) is 17.8 Å². The van der Waals surface area contributed by atoms with Crippen LogP contribution in [0.25, 0.3) is 0 Å². The zero-order valence-corrected chi connectivity index (χ0v) is 17.7. The average molecular weight is 426 g/mol. The van der Waals surface area contributed by atoms with Crippen molar-refractivity contribution in [3.8, 4) is 0 Å². The van der Waals surface area contributed by atoms with Gasteiger partial charge in [-0.1, -0.05) is 25.1 Å². The van der Waals surface area contributed by atoms with Crippen LogP contribution in [-0.4, -0.2) is 42.2 Å². The van der Waals surface area contributed by atoms with Crippen LogP contribution in [-0.2, 0) is 14.5 Å². The number of fused-ring (bicyclic) bond motifs is 2. The van der Waals surface area contributed by atoms with E-state index in [-0.39, 0.29) is 23.4 Å². The van der Waals surface area contributed by atoms with Crippen LogP contribution in [0.4, 0.5) is 15.8 Å². The summed E-state index contributed by atoms with van der Waals surface area (Å²) in [4.78, 5) is 31.5. The van der Waals surface area contributed by atoms with E-state index in [9.17, 15) is 14.0 Å². The second-order valence-corrected chi connectivity index (χ2v) is 9.52. The Morgan fingerprint density at radius 2 is 1.90 bits per heavy atom. The van der Waals surface area contributed by atoms with Crippen LogP contribution in [0.5, 0.6) is 0 Å². The number of likely N-dealkylation sites (tertiary alicyclic amines) is 1. The number of hydrogen-bond donors (Lipinski definition) is 0. The van der Waals surface area contributed by atoms with Crippen LogP contribution < -0.4 is 9.80 Å². The molecule has 0 aliphatic carbocycles. The molecular formula is C23H24FN3O2S. The lowest BCUT2D eigenvalue weighted by Gasteiger charge is -2.36. The Labute approximate surface area is 179 Å². The highest BCUT2D eigenvalue weighted by Crippen LogP contribution is 2.55. The normalized spacial score (nSPS) is 26.7. The van der Waals surface area contributed by atoms with Gasteiger partial charge in [-0.15, -0.1) is 11.8 Å². The first-order valence-corrected chi connectivity index (χ1v) is 11.4. The number of amides is 2. The number of thioether (sulfide) groups is 1. The van der Waals surface area contributed by atoms with E-state index in [1.807, 2.05) is 29.2 Å². The topological polar surface area (TPSA) is 43.9 Å². The number of anilines is 2. The quantitative estimate of drug-likeness (QED) is 0.751. The van der Waals surface area contributed by atoms with E-state index in [4.69, 9.17) is 0 Å². The average Bonchev–Trinajstić information content (AvgIpc) is 3.20. The first-order chi connectivity index (χ1) is 14.5. The number of benzene rings is 2. The van der Waals surface area contributed by atoms with E-state index >= 15 is 0 Å². The number of piperidine rings is 1. The summed E-state index contributed by atoms with van der Waals surface area (Å²) in [6.07, 6.45) is 2.35. The Hall–Kier alpha value is -2.38. The van der Waals surface area contributed by atoms with E-state index in [0.29, 0.717) is 18.3 Å². The van der Waals surface area contributed by atoms with Crippen molar-refractivity contribution in [2.45, 2.75) is 24.6 Å². The molecule has 2 aromatic rings. The predicted octanol–water partition coefficient (Wildman–Crippen LogP) is 3.79. The third kappa shape index (κ3) is 2.94. The zero-order chi connectivity index (χ0) is 20.9. The van der Waals surface area contributed by atoms with Gasteiger partial charge < -0.3 is 0 Å². The fraction of sp³-hybridized carbons (Fsp3) is 0.391. The summed E-state index contributed by atoms with van der Waals surface area (Å²) in [5.74, 6) is 0.224. The van der Waals surface area contributed by atoms with E-state index in [2.05, 4.69) is 11.8 Å². The molecule has 7 heteroatoms. The number of hydrogen-bond acceptors (Lipinski definition) is 4. The van der Waals surface area contributed by atoms with Crippen molar-refractivity contribution in [3.05, 3.63) is 59.9 Å². The van der Waals surface area contributed by atoms with Crippen molar-refractivity contribution in [1.29, 1.82) is 0 Å². The van der Waals surface area contributed by atoms with Gasteiger partial charge in [-0.3, -0.25) is 24.3 Å². The predicted molar refractivity (Wildman–Crippen MR) is 117 cm³/mol. The van der Waals surface area contributed by atoms with Crippen molar-refractivity contribution in [1.82, 2.24) is 4.90 Å². The van der Waals surface area contributed by atoms with E-state index in [1.165, 1.54) is 30.3 Å². The smallest absolute Gasteiger partial charge is 0.269 e. The SMILES string of the molecule is CC1CCCN(CN2C(=O)C3(SCC(=O)N3c3ccc(F)cc3)c3ccccc32)C1. The summed E-state index contributed by atoms with van der Waals surface area (Å²) in [6, 6.07) is 13.6. The van der Waals surface area contributed by atoms with E-state index < -0.39 is 4.87 Å². The molecule has 30 heavy (non-hydrogen) atoms. The molecule has 0 bridgehead atoms. The summed E-state index contributed by atoms with van der Waals surface area (Å²) in [5, 5.41) is 0. The minimum absolute atomic E-state index is 0.0953. The molecule has 5 nitrogen and oxygen atoms in total. The van der Waals surface area contributed by atoms with Gasteiger partial charge in [0.1, 0.15) is 5.82 Å². The van der Waals surface area contributed by atoms with Crippen LogP contribution >= 0.6 is 11.8 Å². The monoisotopic (exact) mass is 425 g/mol. The van der Waals surface area contributed by atoms with E-state index in [0.717, 1.165) is 30.8 Å². The van der Waals surface area contributed by atoms with Crippen molar-refractivity contribution in [3.63, 3.8) is 0 Å². The van der Waals surface area contributed by atoms with E-state index in [1.54, 1.807) is 17.0 Å². The van der Waals surface area contributed by atoms with Crippen LogP contribution in [0.15, 0.2) is 48.5 Å². The van der Waals surface area contributed by atoms with Crippen molar-refractivity contribution in [2.75, 3.05) is 35.3 Å². The molecular weight excluding hydrogens is 401 g/mol. The Balaban J connectivity index is 1.57. The molecule has 2 saturated heterocycles. The second-order valence-electron chi connectivity index (χ2n) is 8.35. The maximum atomic E-state index is 13.9. The standard InChI is InChI=1S/C23H24FN3O2S/c1-16-5-4-12-25(13-16)15-26-20-7-3-2-6-19(20)23(22(26)29)27(21(28)14-30-23)18-10-8-17(24)9-11-18/h2-3,6-11,16H,4-5,12-15H2,1H3. The Kier molecular flexibility index (Phi) is 4.82. The molecule has 3 heterocycles. The van der Waals surface area contributed by atoms with Crippen LogP contribution in [0, 0.1) is 11.7 Å². The van der Waals surface area contributed by atoms with Gasteiger partial charge in [-0.25, -0.2) is 4.39 Å². The van der Waals surface area contributed by atoms with Crippen LogP contribution in [0.3, 0.4) is 0 Å². The zero-order valence-electron chi connectivity index (χ0n) is 16.9. The maximum absolute atomic E-state index is 13.9. The van der Waals surface area contributed by atoms with Gasteiger partial charge >= 0.3 is 0 Å². The van der Waals surface area contributed by atoms with Crippen molar-refractivity contribution < 1.29 is 14.0 Å². The number of carbonyl (C=O) groups is 2. The Morgan fingerprint density at radius 1 is 1.13 bits per heavy atom. The third-order valence-corrected chi connectivity index (χ3v) is 7.62. The molecule has 1 spiro atoms. The fourth-order valence-corrected chi connectivity index (χ4v) is 6.26. The number of nitrogens with zero attached hydrogens (tertiary/aromatic N) is 3. The van der Waals surface area contributed by atoms with Crippen molar-refractivity contribution >= 4 is 35.0 Å². The number of carbonyl (C=O) groups excluding carboxylic acids is 2. The van der Waals surface area contributed by atoms with Gasteiger partial charge in [0.15, 0.2) is 0 Å². The summed E-state index contributed by atoms with van der Waals surface area (Å²) >= 11 is 1.36. The molecule has 2 fully saturated rings. The highest BCUT2D eigenvalue weighted by atomic mass is 32.2. The van der Waals surface area contributed by atoms with Crippen molar-refractivity contribution in [2.24, 2.45) is 5.92 Å². The first kappa shape index (κ1) is 19.6. The summed E-state index contributed by atoms with van der Waals surface area (Å²) in [6.45, 7) is 4.70. The largest absolute Gasteiger partial charge is 0.295 e. The highest BCUT2D eigenvalue weighted by Gasteiger charge is 2.61. The molecule has 5 rings (SSSR count). The lowest BCUT2D eigenvalue weighted by molar-refractivity contribution is -0.124. The highest BCUT2D eigenvalue weighted by molar-refractivity contribution is 8.02. The summed E-state index contributed by atoms with van der Waals surface area (Å²) < 4.78 is 13.5. The molecule has 156 valence electrons. The molecule has 3 aliphatic rings. The van der Waals surface area contributed by atoms with Gasteiger partial charge in [0.05, 0.1) is 18.1 Å². The molecule has 2 atom stereocenters. The summed E-state index contributed by atoms with van der Waals surface area (Å²) in [7, 11) is 0. The van der Waals surface area contributed by atoms with Gasteiger partial charge in [-0.05, 0) is 55.6 Å². The minimum Gasteiger partial charge on any atom is -0.295 e. The number of halogens is 1. The molecule has 2 aromatic carbocycles. The number of rotatable bonds is 3. The molecule has 3 aliphatic heterocycles. The maximum Gasteiger partial charge on any atom is 0.269 e. The van der Waals surface area contributed by atoms with Gasteiger partial charge in [0.25, 0.3) is 5.91 Å². The third-order valence-electron chi connectivity index (χ3n) is 6.23. The molecule has 2 amide bonds. The number of para-hydroxylation sites is 1. The molecule has 0 N–H and O–H groups in total. The van der Waals surface area contributed by atoms with Crippen LogP contribution in [0.1, 0.15) is 25.3 Å². The fourth-order valence-electron chi connectivity index (χ4n) is 4.90. The Morgan fingerprint density at radius 3 is 2.67 bits per heavy atom. The van der Waals surface area contributed by atoms with Gasteiger partial charge in [0.2, 0.25) is 10.8 Å². The van der Waals surface area contributed by atoms with Gasteiger partial charge in [-0.2, -0.15) is 0 Å². The first-order valence-electron chi connectivity index (χ1n) is 10.4. The molecule has 0 radical (unpaired) electrons. The molecule has 0 aromatic heterocycles. The minimum atomic E-state index is -1.13. The molecule has 2 unspecified atom stereocenters. The second kappa shape index (κ2) is 7.39.